The molecule has 0 spiro atoms. The summed E-state index contributed by atoms with van der Waals surface area (Å²) in [5.41, 5.74) is 0.627. The Labute approximate surface area is 134 Å². The van der Waals surface area contributed by atoms with Gasteiger partial charge in [-0.3, -0.25) is 4.79 Å². The minimum absolute atomic E-state index is 0.0600. The van der Waals surface area contributed by atoms with Crippen molar-refractivity contribution in [1.29, 1.82) is 0 Å². The molecular weight excluding hydrogens is 306 g/mol. The Morgan fingerprint density at radius 3 is 2.43 bits per heavy atom. The fourth-order valence-electron chi connectivity index (χ4n) is 1.36. The van der Waals surface area contributed by atoms with E-state index in [9.17, 15) is 9.59 Å². The van der Waals surface area contributed by atoms with Crippen molar-refractivity contribution >= 4 is 34.1 Å². The van der Waals surface area contributed by atoms with E-state index >= 15 is 0 Å². The number of hydrogen-bond acceptors (Lipinski definition) is 5. The molecule has 0 unspecified atom stereocenters. The molecule has 1 aromatic carbocycles. The molecule has 116 valence electrons. The van der Waals surface area contributed by atoms with Crippen LogP contribution in [0.4, 0.5) is 9.59 Å². The number of amides is 1. The molecule has 1 amide bonds. The standard InChI is InChI=1S/C15H21NO3S2/c1-15(2,3)19-13(17)16-9-10-20-14(18)21-11-12-7-5-4-6-8-12/h4-8H,9-11H2,1-3H3,(H,16,17). The van der Waals surface area contributed by atoms with Crippen molar-refractivity contribution in [1.82, 2.24) is 5.32 Å². The average molecular weight is 327 g/mol. The maximum absolute atomic E-state index is 11.7. The first-order chi connectivity index (χ1) is 9.87. The number of rotatable bonds is 5. The normalized spacial score (nSPS) is 11.0. The topological polar surface area (TPSA) is 55.4 Å². The fraction of sp³-hybridized carbons (Fsp3) is 0.467. The summed E-state index contributed by atoms with van der Waals surface area (Å²) in [6.07, 6.45) is -0.451. The Morgan fingerprint density at radius 1 is 1.14 bits per heavy atom. The number of alkyl carbamates (subject to hydrolysis) is 1. The Bertz CT molecular complexity index is 458. The van der Waals surface area contributed by atoms with Gasteiger partial charge in [-0.1, -0.05) is 53.9 Å². The summed E-state index contributed by atoms with van der Waals surface area (Å²) in [5, 5.41) is 2.62. The molecule has 1 aromatic rings. The molecule has 0 bridgehead atoms. The lowest BCUT2D eigenvalue weighted by Gasteiger charge is -2.19. The van der Waals surface area contributed by atoms with Crippen molar-refractivity contribution in [3.63, 3.8) is 0 Å². The van der Waals surface area contributed by atoms with Crippen LogP contribution in [-0.4, -0.2) is 28.4 Å². The molecule has 0 heterocycles. The number of thioether (sulfide) groups is 2. The lowest BCUT2D eigenvalue weighted by molar-refractivity contribution is 0.0531. The predicted molar refractivity (Wildman–Crippen MR) is 89.8 cm³/mol. The van der Waals surface area contributed by atoms with E-state index < -0.39 is 11.7 Å². The van der Waals surface area contributed by atoms with E-state index in [1.165, 1.54) is 23.5 Å². The van der Waals surface area contributed by atoms with Gasteiger partial charge < -0.3 is 10.1 Å². The number of carbonyl (C=O) groups excluding carboxylic acids is 2. The molecule has 0 aliphatic rings. The van der Waals surface area contributed by atoms with Gasteiger partial charge in [-0.2, -0.15) is 0 Å². The Morgan fingerprint density at radius 2 is 1.81 bits per heavy atom. The van der Waals surface area contributed by atoms with E-state index in [1.807, 2.05) is 51.1 Å². The highest BCUT2D eigenvalue weighted by atomic mass is 32.2. The molecule has 0 radical (unpaired) electrons. The molecule has 0 atom stereocenters. The number of carbonyl (C=O) groups is 2. The molecule has 0 aromatic heterocycles. The van der Waals surface area contributed by atoms with Crippen LogP contribution in [0.5, 0.6) is 0 Å². The summed E-state index contributed by atoms with van der Waals surface area (Å²) in [6, 6.07) is 9.85. The maximum Gasteiger partial charge on any atom is 0.407 e. The minimum Gasteiger partial charge on any atom is -0.444 e. The molecule has 0 aliphatic heterocycles. The first-order valence-electron chi connectivity index (χ1n) is 6.67. The van der Waals surface area contributed by atoms with E-state index in [1.54, 1.807) is 0 Å². The van der Waals surface area contributed by atoms with Gasteiger partial charge in [0.2, 0.25) is 4.45 Å². The molecule has 0 aliphatic carbocycles. The van der Waals surface area contributed by atoms with Gasteiger partial charge in [0, 0.05) is 18.1 Å². The molecule has 0 saturated heterocycles. The molecule has 0 fully saturated rings. The fourth-order valence-corrected chi connectivity index (χ4v) is 2.97. The molecule has 21 heavy (non-hydrogen) atoms. The van der Waals surface area contributed by atoms with Crippen LogP contribution in [0.25, 0.3) is 0 Å². The maximum atomic E-state index is 11.7. The van der Waals surface area contributed by atoms with E-state index in [4.69, 9.17) is 4.74 Å². The molecule has 0 saturated carbocycles. The number of ether oxygens (including phenoxy) is 1. The van der Waals surface area contributed by atoms with Gasteiger partial charge in [0.05, 0.1) is 0 Å². The average Bonchev–Trinajstić information content (AvgIpc) is 2.40. The van der Waals surface area contributed by atoms with Crippen LogP contribution in [0.2, 0.25) is 0 Å². The summed E-state index contributed by atoms with van der Waals surface area (Å²) >= 11 is 2.49. The lowest BCUT2D eigenvalue weighted by atomic mass is 10.2. The van der Waals surface area contributed by atoms with Crippen LogP contribution in [0.1, 0.15) is 26.3 Å². The highest BCUT2D eigenvalue weighted by Crippen LogP contribution is 2.20. The third-order valence-corrected chi connectivity index (χ3v) is 4.25. The zero-order valence-corrected chi connectivity index (χ0v) is 14.2. The Kier molecular flexibility index (Phi) is 7.67. The van der Waals surface area contributed by atoms with Crippen molar-refractivity contribution < 1.29 is 14.3 Å². The Hall–Kier alpha value is -1.14. The van der Waals surface area contributed by atoms with Crippen LogP contribution in [0, 0.1) is 0 Å². The van der Waals surface area contributed by atoms with E-state index in [0.717, 1.165) is 5.56 Å². The van der Waals surface area contributed by atoms with E-state index in [2.05, 4.69) is 5.32 Å². The van der Waals surface area contributed by atoms with Gasteiger partial charge in [-0.25, -0.2) is 4.79 Å². The predicted octanol–water partition coefficient (Wildman–Crippen LogP) is 4.30. The minimum atomic E-state index is -0.501. The van der Waals surface area contributed by atoms with Gasteiger partial charge in [0.1, 0.15) is 5.60 Å². The smallest absolute Gasteiger partial charge is 0.407 e. The number of benzene rings is 1. The summed E-state index contributed by atoms with van der Waals surface area (Å²) in [6.45, 7) is 5.85. The molecular formula is C15H21NO3S2. The summed E-state index contributed by atoms with van der Waals surface area (Å²) < 4.78 is 5.16. The highest BCUT2D eigenvalue weighted by molar-refractivity contribution is 8.38. The van der Waals surface area contributed by atoms with Crippen molar-refractivity contribution in [3.05, 3.63) is 35.9 Å². The first-order valence-corrected chi connectivity index (χ1v) is 8.64. The van der Waals surface area contributed by atoms with Crippen LogP contribution in [-0.2, 0) is 10.5 Å². The largest absolute Gasteiger partial charge is 0.444 e. The Balaban J connectivity index is 2.10. The van der Waals surface area contributed by atoms with Gasteiger partial charge in [0.25, 0.3) is 0 Å². The zero-order chi connectivity index (χ0) is 15.7. The summed E-state index contributed by atoms with van der Waals surface area (Å²) in [4.78, 5) is 23.1. The molecule has 6 heteroatoms. The molecule has 4 nitrogen and oxygen atoms in total. The second-order valence-corrected chi connectivity index (χ2v) is 7.58. The van der Waals surface area contributed by atoms with Crippen LogP contribution in [0.3, 0.4) is 0 Å². The zero-order valence-electron chi connectivity index (χ0n) is 12.5. The third-order valence-electron chi connectivity index (χ3n) is 2.19. The monoisotopic (exact) mass is 327 g/mol. The van der Waals surface area contributed by atoms with Crippen molar-refractivity contribution in [2.45, 2.75) is 32.1 Å². The molecule has 1 rings (SSSR count). The highest BCUT2D eigenvalue weighted by Gasteiger charge is 2.15. The molecule has 1 N–H and O–H groups in total. The van der Waals surface area contributed by atoms with Gasteiger partial charge in [-0.05, 0) is 26.3 Å². The second kappa shape index (κ2) is 9.00. The first kappa shape index (κ1) is 17.9. The quantitative estimate of drug-likeness (QED) is 0.817. The van der Waals surface area contributed by atoms with E-state index in [-0.39, 0.29) is 4.45 Å². The van der Waals surface area contributed by atoms with Crippen LogP contribution in [0.15, 0.2) is 30.3 Å². The second-order valence-electron chi connectivity index (χ2n) is 5.30. The number of nitrogens with one attached hydrogen (secondary N) is 1. The summed E-state index contributed by atoms with van der Waals surface area (Å²) in [7, 11) is 0. The van der Waals surface area contributed by atoms with Gasteiger partial charge in [0.15, 0.2) is 0 Å². The van der Waals surface area contributed by atoms with Crippen LogP contribution >= 0.6 is 23.5 Å². The number of hydrogen-bond donors (Lipinski definition) is 1. The van der Waals surface area contributed by atoms with Crippen molar-refractivity contribution in [3.8, 4) is 0 Å². The van der Waals surface area contributed by atoms with Crippen molar-refractivity contribution in [2.24, 2.45) is 0 Å². The third kappa shape index (κ3) is 9.42. The van der Waals surface area contributed by atoms with Crippen molar-refractivity contribution in [2.75, 3.05) is 12.3 Å². The van der Waals surface area contributed by atoms with Gasteiger partial charge in [-0.15, -0.1) is 0 Å². The lowest BCUT2D eigenvalue weighted by Crippen LogP contribution is -2.33. The summed E-state index contributed by atoms with van der Waals surface area (Å²) in [5.74, 6) is 1.21. The van der Waals surface area contributed by atoms with Crippen LogP contribution < -0.4 is 5.32 Å². The van der Waals surface area contributed by atoms with Gasteiger partial charge >= 0.3 is 6.09 Å². The van der Waals surface area contributed by atoms with E-state index in [0.29, 0.717) is 18.1 Å². The SMILES string of the molecule is CC(C)(C)OC(=O)NCCSC(=O)SCc1ccccc1.